The molecule has 1 aromatic heterocycles. The molecule has 6 aromatic rings. The summed E-state index contributed by atoms with van der Waals surface area (Å²) in [7, 11) is 15.2. The highest BCUT2D eigenvalue weighted by atomic mass is 32.1. The molecule has 8 amide bonds. The van der Waals surface area contributed by atoms with E-state index in [-0.39, 0.29) is 40.4 Å². The quantitative estimate of drug-likeness (QED) is 0.152. The van der Waals surface area contributed by atoms with Crippen LogP contribution in [-0.4, -0.2) is 199 Å². The number of hydrogen-bond acceptors (Lipinski definition) is 11. The highest BCUT2D eigenvalue weighted by Gasteiger charge is 2.49. The molecule has 3 N–H and O–H groups in total. The molecular formula is C68H88N14O4S. The average Bonchev–Trinajstić information content (AvgIpc) is 1.83. The van der Waals surface area contributed by atoms with Crippen molar-refractivity contribution < 1.29 is 19.2 Å². The first-order valence-electron chi connectivity index (χ1n) is 31.1. The van der Waals surface area contributed by atoms with Crippen molar-refractivity contribution >= 4 is 63.3 Å². The van der Waals surface area contributed by atoms with Crippen molar-refractivity contribution in [1.82, 2.24) is 44.9 Å². The van der Waals surface area contributed by atoms with Crippen LogP contribution in [0.2, 0.25) is 0 Å². The van der Waals surface area contributed by atoms with Gasteiger partial charge in [-0.1, -0.05) is 114 Å². The minimum atomic E-state index is -0.159. The van der Waals surface area contributed by atoms with Gasteiger partial charge in [0.15, 0.2) is 0 Å². The van der Waals surface area contributed by atoms with Crippen molar-refractivity contribution in [2.24, 2.45) is 0 Å². The van der Waals surface area contributed by atoms with E-state index in [4.69, 9.17) is 0 Å². The second-order valence-electron chi connectivity index (χ2n) is 25.9. The molecule has 87 heavy (non-hydrogen) atoms. The van der Waals surface area contributed by atoms with Crippen LogP contribution >= 0.6 is 11.3 Å². The van der Waals surface area contributed by atoms with Crippen LogP contribution in [-0.2, 0) is 21.7 Å². The molecule has 4 spiro atoms. The van der Waals surface area contributed by atoms with Crippen molar-refractivity contribution in [1.29, 1.82) is 0 Å². The van der Waals surface area contributed by atoms with E-state index in [0.717, 1.165) is 112 Å². The number of amides is 8. The van der Waals surface area contributed by atoms with Crippen molar-refractivity contribution in [3.8, 4) is 10.6 Å². The van der Waals surface area contributed by atoms with Gasteiger partial charge in [-0.15, -0.1) is 10.2 Å². The molecule has 460 valence electrons. The zero-order chi connectivity index (χ0) is 61.1. The normalized spacial score (nSPS) is 19.7. The maximum absolute atomic E-state index is 12.9. The Morgan fingerprint density at radius 1 is 0.471 bits per heavy atom. The van der Waals surface area contributed by atoms with E-state index in [0.29, 0.717) is 30.2 Å². The molecular weight excluding hydrogens is 1110 g/mol. The zero-order valence-corrected chi connectivity index (χ0v) is 53.0. The predicted molar refractivity (Wildman–Crippen MR) is 351 cm³/mol. The van der Waals surface area contributed by atoms with Gasteiger partial charge < -0.3 is 40.0 Å². The highest BCUT2D eigenvalue weighted by Crippen LogP contribution is 2.50. The summed E-state index contributed by atoms with van der Waals surface area (Å²) in [5, 5.41) is 19.5. The van der Waals surface area contributed by atoms with Crippen molar-refractivity contribution in [2.45, 2.75) is 73.0 Å². The van der Waals surface area contributed by atoms with Crippen LogP contribution in [0.15, 0.2) is 127 Å². The number of carbonyl (C=O) groups is 4. The standard InChI is InChI=1S/C24H26N6O2S.C16H23N3O.C15H21N3O.C13H18N2/c1-28(2)23(32)30-16-24(18-10-6-7-11-19(18)30)12-14-29(15-13-24)22(31)25-21-27-26-20(33-21)17-8-4-3-5-9-17;1-17(2)15(20)19-12-16(8-10-18(3)11-9-16)13-6-4-5-7-14(13)19;1-17(2)14(19)18-11-15(7-9-16-10-8-15)12-5-3-4-6-13(12)18;1-15-8-6-13(7-9-15)10-14-12-5-3-2-4-11(12)13/h3-11H,12-16H2,1-2H3,(H,25,27,31);4-7H,8-12H2,1-3H3;3-6,16H,7-11H2,1-2H3;2-5,14H,6-10H2,1H3. The predicted octanol–water partition coefficient (Wildman–Crippen LogP) is 10.3. The number of likely N-dealkylation sites (tertiary alicyclic amines) is 3. The summed E-state index contributed by atoms with van der Waals surface area (Å²) in [6.45, 7) is 11.4. The van der Waals surface area contributed by atoms with Gasteiger partial charge in [-0.05, 0) is 151 Å². The van der Waals surface area contributed by atoms with E-state index in [1.165, 1.54) is 59.6 Å². The average molecular weight is 1200 g/mol. The maximum atomic E-state index is 12.9. The molecule has 4 saturated heterocycles. The number of fused-ring (bicyclic) bond motifs is 8. The summed E-state index contributed by atoms with van der Waals surface area (Å²) in [4.78, 5) is 67.9. The summed E-state index contributed by atoms with van der Waals surface area (Å²) < 4.78 is 0. The van der Waals surface area contributed by atoms with Gasteiger partial charge in [-0.25, -0.2) is 19.2 Å². The summed E-state index contributed by atoms with van der Waals surface area (Å²) >= 11 is 1.36. The first-order valence-corrected chi connectivity index (χ1v) is 31.9. The molecule has 19 heteroatoms. The van der Waals surface area contributed by atoms with Crippen LogP contribution in [0.25, 0.3) is 10.6 Å². The fraction of sp³-hybridized carbons (Fsp3) is 0.471. The molecule has 0 atom stereocenters. The fourth-order valence-electron chi connectivity index (χ4n) is 14.6. The molecule has 0 saturated carbocycles. The van der Waals surface area contributed by atoms with E-state index < -0.39 is 0 Å². The Morgan fingerprint density at radius 3 is 1.32 bits per heavy atom. The number of aromatic nitrogens is 2. The number of anilines is 5. The van der Waals surface area contributed by atoms with Gasteiger partial charge in [0.25, 0.3) is 0 Å². The number of carbonyl (C=O) groups excluding carboxylic acids is 4. The minimum absolute atomic E-state index is 0.00927. The lowest BCUT2D eigenvalue weighted by Gasteiger charge is -2.39. The Labute approximate surface area is 518 Å². The topological polar surface area (TPSA) is 159 Å². The van der Waals surface area contributed by atoms with Gasteiger partial charge in [0, 0.05) is 132 Å². The Balaban J connectivity index is 0.000000126. The van der Waals surface area contributed by atoms with Crippen LogP contribution in [0.5, 0.6) is 0 Å². The lowest BCUT2D eigenvalue weighted by Crippen LogP contribution is -2.49. The van der Waals surface area contributed by atoms with Gasteiger partial charge in [-0.3, -0.25) is 20.0 Å². The molecule has 5 aromatic carbocycles. The molecule has 0 bridgehead atoms. The summed E-state index contributed by atoms with van der Waals surface area (Å²) in [5.41, 5.74) is 11.6. The van der Waals surface area contributed by atoms with Crippen molar-refractivity contribution in [3.63, 3.8) is 0 Å². The lowest BCUT2D eigenvalue weighted by atomic mass is 9.74. The van der Waals surface area contributed by atoms with Crippen LogP contribution in [0.4, 0.5) is 47.1 Å². The van der Waals surface area contributed by atoms with E-state index >= 15 is 0 Å². The monoisotopic (exact) mass is 1200 g/mol. The molecule has 18 nitrogen and oxygen atoms in total. The molecule has 4 fully saturated rings. The van der Waals surface area contributed by atoms with Crippen LogP contribution in [0.3, 0.4) is 0 Å². The largest absolute Gasteiger partial charge is 0.384 e. The molecule has 8 aliphatic heterocycles. The molecule has 14 rings (SSSR count). The van der Waals surface area contributed by atoms with Gasteiger partial charge in [0.1, 0.15) is 5.01 Å². The number of piperidine rings is 4. The maximum Gasteiger partial charge on any atom is 0.323 e. The Hall–Kier alpha value is -7.58. The van der Waals surface area contributed by atoms with Crippen LogP contribution < -0.4 is 30.7 Å². The summed E-state index contributed by atoms with van der Waals surface area (Å²) in [5.74, 6) is 0. The first-order chi connectivity index (χ1) is 41.9. The van der Waals surface area contributed by atoms with E-state index in [1.54, 1.807) is 34.4 Å². The third kappa shape index (κ3) is 12.4. The van der Waals surface area contributed by atoms with E-state index in [2.05, 4.69) is 117 Å². The summed E-state index contributed by atoms with van der Waals surface area (Å²) in [6, 6.07) is 43.6. The number of nitrogens with zero attached hydrogens (tertiary/aromatic N) is 11. The van der Waals surface area contributed by atoms with Crippen molar-refractivity contribution in [2.75, 3.05) is 160 Å². The first kappa shape index (κ1) is 61.1. The SMILES string of the molecule is CN(C)C(=O)N1CC2(CCN(C(=O)Nc3nnc(-c4ccccc4)s3)CC2)c2ccccc21.CN(C)C(=O)N1CC2(CCNCC2)c2ccccc21.CN1CCC2(CC1)CN(C(=O)N(C)C)c1ccccc12.CN1CCC2(CC1)CNc1ccccc12. The van der Waals surface area contributed by atoms with Crippen LogP contribution in [0.1, 0.15) is 73.6 Å². The Kier molecular flexibility index (Phi) is 18.0. The van der Waals surface area contributed by atoms with Gasteiger partial charge in [0.05, 0.1) is 0 Å². The van der Waals surface area contributed by atoms with Crippen LogP contribution in [0, 0.1) is 0 Å². The number of benzene rings is 5. The Bertz CT molecular complexity index is 3400. The number of para-hydroxylation sites is 4. The van der Waals surface area contributed by atoms with E-state index in [9.17, 15) is 19.2 Å². The number of hydrogen-bond donors (Lipinski definition) is 3. The van der Waals surface area contributed by atoms with Gasteiger partial charge >= 0.3 is 24.1 Å². The number of rotatable bonds is 2. The second-order valence-corrected chi connectivity index (χ2v) is 26.9. The third-order valence-electron chi connectivity index (χ3n) is 19.8. The number of urea groups is 4. The van der Waals surface area contributed by atoms with Crippen molar-refractivity contribution in [3.05, 3.63) is 150 Å². The molecule has 0 radical (unpaired) electrons. The fourth-order valence-corrected chi connectivity index (χ4v) is 15.3. The van der Waals surface area contributed by atoms with Gasteiger partial charge in [0.2, 0.25) is 5.13 Å². The smallest absolute Gasteiger partial charge is 0.323 e. The molecule has 0 aliphatic carbocycles. The zero-order valence-electron chi connectivity index (χ0n) is 52.2. The number of nitrogens with one attached hydrogen (secondary N) is 3. The molecule has 9 heterocycles. The molecule has 8 aliphatic rings. The molecule has 0 unspecified atom stereocenters. The Morgan fingerprint density at radius 2 is 0.862 bits per heavy atom. The minimum Gasteiger partial charge on any atom is -0.384 e. The van der Waals surface area contributed by atoms with E-state index in [1.807, 2.05) is 108 Å². The summed E-state index contributed by atoms with van der Waals surface area (Å²) in [6.07, 6.45) is 8.71. The third-order valence-corrected chi connectivity index (χ3v) is 20.6. The van der Waals surface area contributed by atoms with Gasteiger partial charge in [-0.2, -0.15) is 0 Å². The lowest BCUT2D eigenvalue weighted by molar-refractivity contribution is 0.171. The second kappa shape index (κ2) is 25.6. The highest BCUT2D eigenvalue weighted by molar-refractivity contribution is 7.18.